The smallest absolute Gasteiger partial charge is 0.438 e. The van der Waals surface area contributed by atoms with Crippen molar-refractivity contribution in [3.63, 3.8) is 0 Å². The molecule has 0 aromatic heterocycles. The van der Waals surface area contributed by atoms with Gasteiger partial charge in [-0.25, -0.2) is 9.59 Å². The molecule has 0 N–H and O–H groups in total. The highest BCUT2D eigenvalue weighted by atomic mass is 16.7. The molecule has 0 aliphatic heterocycles. The maximum atomic E-state index is 11.0. The summed E-state index contributed by atoms with van der Waals surface area (Å²) in [7, 11) is 2.51. The minimum Gasteiger partial charge on any atom is -0.438 e. The van der Waals surface area contributed by atoms with Crippen LogP contribution in [-0.4, -0.2) is 52.8 Å². The summed E-state index contributed by atoms with van der Waals surface area (Å²) < 4.78 is 18.6. The van der Waals surface area contributed by atoms with E-state index in [0.717, 1.165) is 11.3 Å². The van der Waals surface area contributed by atoms with Gasteiger partial charge in [-0.2, -0.15) is 0 Å². The fourth-order valence-electron chi connectivity index (χ4n) is 1.79. The number of benzene rings is 1. The number of rotatable bonds is 7. The topological polar surface area (TPSA) is 74.3 Å². The number of hydrogen-bond acceptors (Lipinski definition) is 7. The minimum absolute atomic E-state index is 0.166. The first-order chi connectivity index (χ1) is 10.6. The van der Waals surface area contributed by atoms with Gasteiger partial charge in [-0.15, -0.1) is 0 Å². The van der Waals surface area contributed by atoms with E-state index in [2.05, 4.69) is 9.47 Å². The van der Waals surface area contributed by atoms with Crippen molar-refractivity contribution in [3.05, 3.63) is 29.8 Å². The standard InChI is InChI=1S/C15H21NO6/c1-12-5-4-6-13(11-12)16(7-9-21-14(17)19-2)8-10-22-15(18)20-3/h4-6,11H,7-10H2,1-3H3. The van der Waals surface area contributed by atoms with Gasteiger partial charge in [-0.05, 0) is 24.6 Å². The highest BCUT2D eigenvalue weighted by Crippen LogP contribution is 2.15. The van der Waals surface area contributed by atoms with Crippen LogP contribution in [0.25, 0.3) is 0 Å². The van der Waals surface area contributed by atoms with Gasteiger partial charge in [-0.1, -0.05) is 12.1 Å². The average Bonchev–Trinajstić information content (AvgIpc) is 2.52. The Morgan fingerprint density at radius 2 is 1.55 bits per heavy atom. The van der Waals surface area contributed by atoms with Crippen LogP contribution in [0.15, 0.2) is 24.3 Å². The number of ether oxygens (including phenoxy) is 4. The van der Waals surface area contributed by atoms with Crippen molar-refractivity contribution in [3.8, 4) is 0 Å². The molecule has 7 heteroatoms. The molecule has 0 radical (unpaired) electrons. The summed E-state index contributed by atoms with van der Waals surface area (Å²) in [6.45, 7) is 3.21. The molecular formula is C15H21NO6. The fourth-order valence-corrected chi connectivity index (χ4v) is 1.79. The lowest BCUT2D eigenvalue weighted by molar-refractivity contribution is 0.0717. The molecule has 0 bridgehead atoms. The van der Waals surface area contributed by atoms with Gasteiger partial charge in [-0.3, -0.25) is 0 Å². The normalized spacial score (nSPS) is 9.77. The Kier molecular flexibility index (Phi) is 7.60. The predicted octanol–water partition coefficient (Wildman–Crippen LogP) is 2.37. The molecule has 0 spiro atoms. The maximum Gasteiger partial charge on any atom is 0.508 e. The molecular weight excluding hydrogens is 290 g/mol. The SMILES string of the molecule is COC(=O)OCCN(CCOC(=O)OC)c1cccc(C)c1. The molecule has 0 aliphatic rings. The lowest BCUT2D eigenvalue weighted by atomic mass is 10.2. The summed E-state index contributed by atoms with van der Waals surface area (Å²) in [6, 6.07) is 7.84. The lowest BCUT2D eigenvalue weighted by Crippen LogP contribution is -2.32. The van der Waals surface area contributed by atoms with E-state index < -0.39 is 12.3 Å². The molecule has 7 nitrogen and oxygen atoms in total. The van der Waals surface area contributed by atoms with Crippen LogP contribution in [0.3, 0.4) is 0 Å². The van der Waals surface area contributed by atoms with Crippen LogP contribution in [0.4, 0.5) is 15.3 Å². The Balaban J connectivity index is 2.60. The number of carbonyl (C=O) groups excluding carboxylic acids is 2. The Hall–Kier alpha value is -2.44. The molecule has 1 rings (SSSR count). The Morgan fingerprint density at radius 3 is 2.00 bits per heavy atom. The Morgan fingerprint density at radius 1 is 1.00 bits per heavy atom. The van der Waals surface area contributed by atoms with Crippen LogP contribution in [0, 0.1) is 6.92 Å². The fraction of sp³-hybridized carbons (Fsp3) is 0.467. The van der Waals surface area contributed by atoms with E-state index in [4.69, 9.17) is 9.47 Å². The van der Waals surface area contributed by atoms with Crippen molar-refractivity contribution in [2.24, 2.45) is 0 Å². The molecule has 0 aliphatic carbocycles. The van der Waals surface area contributed by atoms with Gasteiger partial charge in [0, 0.05) is 5.69 Å². The molecule has 0 saturated heterocycles. The van der Waals surface area contributed by atoms with Crippen LogP contribution < -0.4 is 4.90 Å². The predicted molar refractivity (Wildman–Crippen MR) is 80.1 cm³/mol. The summed E-state index contributed by atoms with van der Waals surface area (Å²) in [5.41, 5.74) is 2.05. The first kappa shape index (κ1) is 17.6. The summed E-state index contributed by atoms with van der Waals surface area (Å²) in [5, 5.41) is 0. The summed E-state index contributed by atoms with van der Waals surface area (Å²) in [5.74, 6) is 0. The third kappa shape index (κ3) is 6.34. The Bertz CT molecular complexity index is 469. The third-order valence-corrected chi connectivity index (χ3v) is 2.86. The maximum absolute atomic E-state index is 11.0. The van der Waals surface area contributed by atoms with Crippen molar-refractivity contribution < 1.29 is 28.5 Å². The highest BCUT2D eigenvalue weighted by Gasteiger charge is 2.10. The second-order valence-electron chi connectivity index (χ2n) is 4.43. The lowest BCUT2D eigenvalue weighted by Gasteiger charge is -2.24. The number of carbonyl (C=O) groups is 2. The van der Waals surface area contributed by atoms with Crippen LogP contribution in [0.2, 0.25) is 0 Å². The number of nitrogens with zero attached hydrogens (tertiary/aromatic N) is 1. The van der Waals surface area contributed by atoms with Gasteiger partial charge >= 0.3 is 12.3 Å². The van der Waals surface area contributed by atoms with Gasteiger partial charge in [0.2, 0.25) is 0 Å². The molecule has 122 valence electrons. The van der Waals surface area contributed by atoms with Gasteiger partial charge in [0.15, 0.2) is 0 Å². The van der Waals surface area contributed by atoms with Gasteiger partial charge in [0.25, 0.3) is 0 Å². The zero-order valence-electron chi connectivity index (χ0n) is 13.0. The molecule has 0 saturated carbocycles. The molecule has 0 unspecified atom stereocenters. The van der Waals surface area contributed by atoms with Crippen molar-refractivity contribution >= 4 is 18.0 Å². The van der Waals surface area contributed by atoms with E-state index in [-0.39, 0.29) is 13.2 Å². The monoisotopic (exact) mass is 311 g/mol. The van der Waals surface area contributed by atoms with E-state index in [1.54, 1.807) is 0 Å². The van der Waals surface area contributed by atoms with Crippen molar-refractivity contribution in [1.29, 1.82) is 0 Å². The van der Waals surface area contributed by atoms with Gasteiger partial charge in [0.05, 0.1) is 27.3 Å². The summed E-state index contributed by atoms with van der Waals surface area (Å²) in [4.78, 5) is 23.9. The quantitative estimate of drug-likeness (QED) is 0.716. The summed E-state index contributed by atoms with van der Waals surface area (Å²) in [6.07, 6.45) is -1.45. The molecule has 0 atom stereocenters. The van der Waals surface area contributed by atoms with Crippen molar-refractivity contribution in [2.75, 3.05) is 45.4 Å². The van der Waals surface area contributed by atoms with Crippen LogP contribution in [0.5, 0.6) is 0 Å². The molecule has 0 heterocycles. The zero-order chi connectivity index (χ0) is 16.4. The largest absolute Gasteiger partial charge is 0.508 e. The molecule has 0 amide bonds. The molecule has 22 heavy (non-hydrogen) atoms. The van der Waals surface area contributed by atoms with Crippen LogP contribution in [-0.2, 0) is 18.9 Å². The van der Waals surface area contributed by atoms with Crippen molar-refractivity contribution in [1.82, 2.24) is 0 Å². The second-order valence-corrected chi connectivity index (χ2v) is 4.43. The first-order valence-corrected chi connectivity index (χ1v) is 6.80. The minimum atomic E-state index is -0.727. The highest BCUT2D eigenvalue weighted by molar-refractivity contribution is 5.60. The van der Waals surface area contributed by atoms with Crippen molar-refractivity contribution in [2.45, 2.75) is 6.92 Å². The van der Waals surface area contributed by atoms with Gasteiger partial charge < -0.3 is 23.8 Å². The van der Waals surface area contributed by atoms with Crippen LogP contribution in [0.1, 0.15) is 5.56 Å². The van der Waals surface area contributed by atoms with E-state index in [1.807, 2.05) is 36.1 Å². The van der Waals surface area contributed by atoms with E-state index >= 15 is 0 Å². The van der Waals surface area contributed by atoms with E-state index in [0.29, 0.717) is 13.1 Å². The number of methoxy groups -OCH3 is 2. The van der Waals surface area contributed by atoms with E-state index in [1.165, 1.54) is 14.2 Å². The second kappa shape index (κ2) is 9.49. The number of hydrogen-bond donors (Lipinski definition) is 0. The Labute approximate surface area is 129 Å². The third-order valence-electron chi connectivity index (χ3n) is 2.86. The van der Waals surface area contributed by atoms with Gasteiger partial charge in [0.1, 0.15) is 13.2 Å². The number of anilines is 1. The first-order valence-electron chi connectivity index (χ1n) is 6.80. The summed E-state index contributed by atoms with van der Waals surface area (Å²) >= 11 is 0. The molecule has 1 aromatic rings. The average molecular weight is 311 g/mol. The van der Waals surface area contributed by atoms with E-state index in [9.17, 15) is 9.59 Å². The van der Waals surface area contributed by atoms with Crippen LogP contribution >= 0.6 is 0 Å². The molecule has 1 aromatic carbocycles. The molecule has 0 fully saturated rings. The zero-order valence-corrected chi connectivity index (χ0v) is 13.0. The number of aryl methyl sites for hydroxylation is 1.